The van der Waals surface area contributed by atoms with Crippen molar-refractivity contribution in [2.75, 3.05) is 19.6 Å². The Kier molecular flexibility index (Phi) is 4.30. The fourth-order valence-electron chi connectivity index (χ4n) is 3.30. The van der Waals surface area contributed by atoms with Crippen molar-refractivity contribution in [2.45, 2.75) is 38.6 Å². The summed E-state index contributed by atoms with van der Waals surface area (Å²) in [4.78, 5) is 40.3. The summed E-state index contributed by atoms with van der Waals surface area (Å²) in [7, 11) is 0. The Bertz CT molecular complexity index is 665. The van der Waals surface area contributed by atoms with Crippen LogP contribution in [0.1, 0.15) is 37.3 Å². The van der Waals surface area contributed by atoms with Crippen LogP contribution in [0, 0.1) is 6.92 Å². The highest BCUT2D eigenvalue weighted by Crippen LogP contribution is 2.29. The molecule has 0 aromatic heterocycles. The highest BCUT2D eigenvalue weighted by molar-refractivity contribution is 6.09. The molecule has 2 aliphatic heterocycles. The molecule has 1 N–H and O–H groups in total. The predicted octanol–water partition coefficient (Wildman–Crippen LogP) is 1.77. The number of nitrogens with zero attached hydrogens (tertiary/aromatic N) is 2. The SMILES string of the molecule is Cc1ccc([C@@]2(C)NC(=O)N(CC(=O)N3CCCCC3)C2=O)cc1. The first-order valence-corrected chi connectivity index (χ1v) is 8.41. The number of urea groups is 1. The summed E-state index contributed by atoms with van der Waals surface area (Å²) in [6.45, 7) is 4.87. The Morgan fingerprint density at radius 1 is 1.12 bits per heavy atom. The van der Waals surface area contributed by atoms with Crippen molar-refractivity contribution in [3.63, 3.8) is 0 Å². The molecule has 24 heavy (non-hydrogen) atoms. The molecule has 0 aliphatic carbocycles. The summed E-state index contributed by atoms with van der Waals surface area (Å²) in [6.07, 6.45) is 3.08. The molecule has 0 spiro atoms. The number of hydrogen-bond acceptors (Lipinski definition) is 3. The molecular weight excluding hydrogens is 306 g/mol. The quantitative estimate of drug-likeness (QED) is 0.859. The standard InChI is InChI=1S/C18H23N3O3/c1-13-6-8-14(9-7-13)18(2)16(23)21(17(24)19-18)12-15(22)20-10-4-3-5-11-20/h6-9H,3-5,10-12H2,1-2H3,(H,19,24)/t18-/m1/s1. The number of benzene rings is 1. The number of rotatable bonds is 3. The lowest BCUT2D eigenvalue weighted by Gasteiger charge is -2.28. The minimum Gasteiger partial charge on any atom is -0.341 e. The van der Waals surface area contributed by atoms with Crippen molar-refractivity contribution in [3.8, 4) is 0 Å². The first kappa shape index (κ1) is 16.5. The lowest BCUT2D eigenvalue weighted by molar-refractivity contribution is -0.139. The number of piperidine rings is 1. The zero-order chi connectivity index (χ0) is 17.3. The van der Waals surface area contributed by atoms with E-state index in [1.54, 1.807) is 11.8 Å². The van der Waals surface area contributed by atoms with Crippen LogP contribution in [0.15, 0.2) is 24.3 Å². The largest absolute Gasteiger partial charge is 0.341 e. The van der Waals surface area contributed by atoms with Crippen molar-refractivity contribution in [2.24, 2.45) is 0 Å². The van der Waals surface area contributed by atoms with Crippen LogP contribution in [-0.2, 0) is 15.1 Å². The fraction of sp³-hybridized carbons (Fsp3) is 0.500. The minimum absolute atomic E-state index is 0.161. The molecule has 3 rings (SSSR count). The van der Waals surface area contributed by atoms with E-state index in [0.29, 0.717) is 13.1 Å². The van der Waals surface area contributed by atoms with Gasteiger partial charge >= 0.3 is 6.03 Å². The van der Waals surface area contributed by atoms with Gasteiger partial charge in [0.05, 0.1) is 0 Å². The highest BCUT2D eigenvalue weighted by Gasteiger charge is 2.49. The first-order chi connectivity index (χ1) is 11.4. The number of carbonyl (C=O) groups is 3. The Morgan fingerprint density at radius 3 is 2.38 bits per heavy atom. The van der Waals surface area contributed by atoms with Crippen LogP contribution in [0.2, 0.25) is 0 Å². The number of likely N-dealkylation sites (tertiary alicyclic amines) is 1. The number of nitrogens with one attached hydrogen (secondary N) is 1. The van der Waals surface area contributed by atoms with Crippen molar-refractivity contribution in [1.82, 2.24) is 15.1 Å². The van der Waals surface area contributed by atoms with E-state index in [-0.39, 0.29) is 18.4 Å². The molecule has 1 aromatic carbocycles. The maximum atomic E-state index is 12.8. The van der Waals surface area contributed by atoms with E-state index >= 15 is 0 Å². The molecule has 4 amide bonds. The number of imide groups is 1. The van der Waals surface area contributed by atoms with Gasteiger partial charge in [0.1, 0.15) is 12.1 Å². The van der Waals surface area contributed by atoms with Crippen molar-refractivity contribution in [3.05, 3.63) is 35.4 Å². The molecule has 0 saturated carbocycles. The van der Waals surface area contributed by atoms with E-state index in [0.717, 1.165) is 35.3 Å². The van der Waals surface area contributed by atoms with E-state index in [2.05, 4.69) is 5.32 Å². The minimum atomic E-state index is -1.12. The van der Waals surface area contributed by atoms with Gasteiger partial charge in [-0.1, -0.05) is 29.8 Å². The summed E-state index contributed by atoms with van der Waals surface area (Å²) in [6, 6.07) is 6.98. The summed E-state index contributed by atoms with van der Waals surface area (Å²) in [5.41, 5.74) is 0.683. The normalized spacial score (nSPS) is 24.2. The predicted molar refractivity (Wildman–Crippen MR) is 89.2 cm³/mol. The van der Waals surface area contributed by atoms with Crippen LogP contribution in [0.25, 0.3) is 0 Å². The zero-order valence-electron chi connectivity index (χ0n) is 14.2. The molecule has 1 aromatic rings. The summed E-state index contributed by atoms with van der Waals surface area (Å²) < 4.78 is 0. The van der Waals surface area contributed by atoms with E-state index in [4.69, 9.17) is 0 Å². The van der Waals surface area contributed by atoms with Crippen LogP contribution < -0.4 is 5.32 Å². The van der Waals surface area contributed by atoms with Crippen LogP contribution in [0.4, 0.5) is 4.79 Å². The van der Waals surface area contributed by atoms with Crippen LogP contribution in [-0.4, -0.2) is 47.3 Å². The topological polar surface area (TPSA) is 69.7 Å². The Hall–Kier alpha value is -2.37. The van der Waals surface area contributed by atoms with Gasteiger partial charge in [0, 0.05) is 13.1 Å². The van der Waals surface area contributed by atoms with Crippen LogP contribution >= 0.6 is 0 Å². The smallest absolute Gasteiger partial charge is 0.325 e. The second-order valence-corrected chi connectivity index (χ2v) is 6.75. The van der Waals surface area contributed by atoms with Gasteiger partial charge in [0.25, 0.3) is 5.91 Å². The fourth-order valence-corrected chi connectivity index (χ4v) is 3.30. The molecule has 0 radical (unpaired) electrons. The third-order valence-corrected chi connectivity index (χ3v) is 4.91. The summed E-state index contributed by atoms with van der Waals surface area (Å²) >= 11 is 0. The van der Waals surface area contributed by atoms with E-state index in [9.17, 15) is 14.4 Å². The summed E-state index contributed by atoms with van der Waals surface area (Å²) in [5.74, 6) is -0.534. The maximum Gasteiger partial charge on any atom is 0.325 e. The van der Waals surface area contributed by atoms with E-state index < -0.39 is 11.6 Å². The number of carbonyl (C=O) groups excluding carboxylic acids is 3. The van der Waals surface area contributed by atoms with E-state index in [1.807, 2.05) is 31.2 Å². The zero-order valence-corrected chi connectivity index (χ0v) is 14.2. The van der Waals surface area contributed by atoms with Gasteiger partial charge in [-0.2, -0.15) is 0 Å². The van der Waals surface area contributed by atoms with Crippen molar-refractivity contribution < 1.29 is 14.4 Å². The second-order valence-electron chi connectivity index (χ2n) is 6.75. The van der Waals surface area contributed by atoms with Gasteiger partial charge in [-0.25, -0.2) is 4.79 Å². The van der Waals surface area contributed by atoms with E-state index in [1.165, 1.54) is 0 Å². The Labute approximate surface area is 141 Å². The molecule has 0 unspecified atom stereocenters. The molecule has 2 fully saturated rings. The van der Waals surface area contributed by atoms with Gasteiger partial charge in [0.2, 0.25) is 5.91 Å². The molecule has 6 heteroatoms. The lowest BCUT2D eigenvalue weighted by Crippen LogP contribution is -2.45. The Balaban J connectivity index is 1.76. The molecule has 2 aliphatic rings. The van der Waals surface area contributed by atoms with Crippen LogP contribution in [0.5, 0.6) is 0 Å². The second kappa shape index (κ2) is 6.26. The third kappa shape index (κ3) is 2.88. The van der Waals surface area contributed by atoms with Gasteiger partial charge in [0.15, 0.2) is 0 Å². The van der Waals surface area contributed by atoms with Crippen LogP contribution in [0.3, 0.4) is 0 Å². The summed E-state index contributed by atoms with van der Waals surface area (Å²) in [5, 5.41) is 2.74. The third-order valence-electron chi connectivity index (χ3n) is 4.91. The van der Waals surface area contributed by atoms with Gasteiger partial charge in [-0.3, -0.25) is 14.5 Å². The monoisotopic (exact) mass is 329 g/mol. The van der Waals surface area contributed by atoms with Gasteiger partial charge < -0.3 is 10.2 Å². The molecule has 2 heterocycles. The number of aryl methyl sites for hydroxylation is 1. The molecule has 1 atom stereocenters. The van der Waals surface area contributed by atoms with Crippen molar-refractivity contribution >= 4 is 17.8 Å². The van der Waals surface area contributed by atoms with Gasteiger partial charge in [-0.05, 0) is 38.7 Å². The number of amides is 4. The molecule has 0 bridgehead atoms. The molecular formula is C18H23N3O3. The molecule has 2 saturated heterocycles. The molecule has 6 nitrogen and oxygen atoms in total. The Morgan fingerprint density at radius 2 is 1.75 bits per heavy atom. The number of hydrogen-bond donors (Lipinski definition) is 1. The first-order valence-electron chi connectivity index (χ1n) is 8.41. The average Bonchev–Trinajstić information content (AvgIpc) is 2.80. The maximum absolute atomic E-state index is 12.8. The lowest BCUT2D eigenvalue weighted by atomic mass is 9.91. The van der Waals surface area contributed by atoms with Gasteiger partial charge in [-0.15, -0.1) is 0 Å². The highest BCUT2D eigenvalue weighted by atomic mass is 16.2. The average molecular weight is 329 g/mol. The van der Waals surface area contributed by atoms with Crippen molar-refractivity contribution in [1.29, 1.82) is 0 Å². The molecule has 128 valence electrons.